The molecule has 0 aromatic heterocycles. The van der Waals surface area contributed by atoms with Crippen molar-refractivity contribution < 1.29 is 14.3 Å². The van der Waals surface area contributed by atoms with Crippen molar-refractivity contribution >= 4 is 22.8 Å². The Morgan fingerprint density at radius 1 is 1.00 bits per heavy atom. The number of benzene rings is 2. The van der Waals surface area contributed by atoms with Gasteiger partial charge < -0.3 is 9.64 Å². The van der Waals surface area contributed by atoms with Gasteiger partial charge in [-0.15, -0.1) is 0 Å². The van der Waals surface area contributed by atoms with Crippen LogP contribution in [0.5, 0.6) is 0 Å². The number of amides is 1. The van der Waals surface area contributed by atoms with E-state index in [4.69, 9.17) is 4.74 Å². The maximum absolute atomic E-state index is 12.8. The highest BCUT2D eigenvalue weighted by molar-refractivity contribution is 8.14. The molecule has 2 aromatic carbocycles. The summed E-state index contributed by atoms with van der Waals surface area (Å²) in [5, 5.41) is -0.338. The maximum Gasteiger partial charge on any atom is 0.236 e. The number of hydrogen-bond acceptors (Lipinski definition) is 4. The lowest BCUT2D eigenvalue weighted by Crippen LogP contribution is -2.45. The third-order valence-corrected chi connectivity index (χ3v) is 5.72. The van der Waals surface area contributed by atoms with E-state index < -0.39 is 0 Å². The molecule has 1 unspecified atom stereocenters. The number of ether oxygens (including phenoxy) is 1. The molecule has 0 radical (unpaired) electrons. The Labute approximate surface area is 164 Å². The number of rotatable bonds is 6. The Balaban J connectivity index is 1.62. The van der Waals surface area contributed by atoms with Gasteiger partial charge in [0.15, 0.2) is 5.12 Å². The minimum absolute atomic E-state index is 0.0129. The van der Waals surface area contributed by atoms with Crippen LogP contribution in [-0.2, 0) is 20.7 Å². The number of hydrogen-bond donors (Lipinski definition) is 0. The van der Waals surface area contributed by atoms with Crippen LogP contribution < -0.4 is 0 Å². The molecule has 0 saturated carbocycles. The molecule has 0 spiro atoms. The third-order valence-electron chi connectivity index (χ3n) is 4.66. The van der Waals surface area contributed by atoms with E-state index in [0.717, 1.165) is 18.2 Å². The van der Waals surface area contributed by atoms with Crippen LogP contribution >= 0.6 is 11.8 Å². The van der Waals surface area contributed by atoms with Crippen molar-refractivity contribution in [1.82, 2.24) is 4.90 Å². The lowest BCUT2D eigenvalue weighted by atomic mass is 10.0. The SMILES string of the molecule is CC(=O)SC(CCc1ccc(-c2ccccc2)cc1)C(=O)N1CCOCC1. The van der Waals surface area contributed by atoms with E-state index in [1.165, 1.54) is 23.6 Å². The lowest BCUT2D eigenvalue weighted by molar-refractivity contribution is -0.134. The van der Waals surface area contributed by atoms with Gasteiger partial charge >= 0.3 is 0 Å². The summed E-state index contributed by atoms with van der Waals surface area (Å²) in [6.07, 6.45) is 1.43. The summed E-state index contributed by atoms with van der Waals surface area (Å²) < 4.78 is 5.32. The second-order valence-electron chi connectivity index (χ2n) is 6.64. The van der Waals surface area contributed by atoms with Crippen LogP contribution in [0.15, 0.2) is 54.6 Å². The van der Waals surface area contributed by atoms with E-state index in [1.807, 2.05) is 23.1 Å². The monoisotopic (exact) mass is 383 g/mol. The van der Waals surface area contributed by atoms with Crippen LogP contribution in [0, 0.1) is 0 Å². The molecule has 1 amide bonds. The van der Waals surface area contributed by atoms with E-state index in [2.05, 4.69) is 36.4 Å². The van der Waals surface area contributed by atoms with E-state index in [9.17, 15) is 9.59 Å². The molecule has 0 aliphatic carbocycles. The first kappa shape index (κ1) is 19.6. The molecule has 1 fully saturated rings. The van der Waals surface area contributed by atoms with Gasteiger partial charge in [-0.25, -0.2) is 0 Å². The molecule has 5 heteroatoms. The predicted octanol–water partition coefficient (Wildman–Crippen LogP) is 3.79. The van der Waals surface area contributed by atoms with Crippen LogP contribution in [0.3, 0.4) is 0 Å². The second-order valence-corrected chi connectivity index (χ2v) is 8.02. The molecule has 3 rings (SSSR count). The zero-order valence-electron chi connectivity index (χ0n) is 15.6. The first-order valence-corrected chi connectivity index (χ1v) is 10.2. The Bertz CT molecular complexity index is 755. The number of carbonyl (C=O) groups excluding carboxylic acids is 2. The molecular formula is C22H25NO3S. The summed E-state index contributed by atoms with van der Waals surface area (Å²) in [6.45, 7) is 3.90. The Hall–Kier alpha value is -2.11. The molecule has 0 bridgehead atoms. The zero-order chi connectivity index (χ0) is 19.1. The van der Waals surface area contributed by atoms with Crippen molar-refractivity contribution in [1.29, 1.82) is 0 Å². The van der Waals surface area contributed by atoms with Crippen LogP contribution in [0.2, 0.25) is 0 Å². The highest BCUT2D eigenvalue weighted by atomic mass is 32.2. The minimum atomic E-state index is -0.325. The first-order valence-electron chi connectivity index (χ1n) is 9.31. The van der Waals surface area contributed by atoms with Crippen LogP contribution in [0.1, 0.15) is 18.9 Å². The molecule has 1 aliphatic rings. The van der Waals surface area contributed by atoms with Crippen molar-refractivity contribution in [3.05, 3.63) is 60.2 Å². The van der Waals surface area contributed by atoms with Gasteiger partial charge in [-0.3, -0.25) is 9.59 Å². The summed E-state index contributed by atoms with van der Waals surface area (Å²) >= 11 is 1.15. The van der Waals surface area contributed by atoms with Gasteiger partial charge in [0.25, 0.3) is 0 Å². The molecule has 27 heavy (non-hydrogen) atoms. The molecular weight excluding hydrogens is 358 g/mol. The quantitative estimate of drug-likeness (QED) is 0.761. The summed E-state index contributed by atoms with van der Waals surface area (Å²) in [5.41, 5.74) is 3.55. The fraction of sp³-hybridized carbons (Fsp3) is 0.364. The number of aryl methyl sites for hydroxylation is 1. The van der Waals surface area contributed by atoms with Crippen molar-refractivity contribution in [3.63, 3.8) is 0 Å². The molecule has 0 N–H and O–H groups in total. The highest BCUT2D eigenvalue weighted by Gasteiger charge is 2.27. The van der Waals surface area contributed by atoms with Crippen molar-refractivity contribution in [2.45, 2.75) is 25.0 Å². The molecule has 4 nitrogen and oxygen atoms in total. The number of carbonyl (C=O) groups is 2. The molecule has 1 heterocycles. The van der Waals surface area contributed by atoms with Gasteiger partial charge in [0, 0.05) is 20.0 Å². The fourth-order valence-electron chi connectivity index (χ4n) is 3.21. The summed E-state index contributed by atoms with van der Waals surface area (Å²) in [5.74, 6) is 0.0550. The van der Waals surface area contributed by atoms with Crippen molar-refractivity contribution in [3.8, 4) is 11.1 Å². The smallest absolute Gasteiger partial charge is 0.236 e. The summed E-state index contributed by atoms with van der Waals surface area (Å²) in [4.78, 5) is 26.2. The zero-order valence-corrected chi connectivity index (χ0v) is 16.4. The first-order chi connectivity index (χ1) is 13.1. The highest BCUT2D eigenvalue weighted by Crippen LogP contribution is 2.23. The number of morpholine rings is 1. The van der Waals surface area contributed by atoms with Gasteiger partial charge in [-0.2, -0.15) is 0 Å². The largest absolute Gasteiger partial charge is 0.378 e. The van der Waals surface area contributed by atoms with Gasteiger partial charge in [0.2, 0.25) is 5.91 Å². The van der Waals surface area contributed by atoms with E-state index in [1.54, 1.807) is 0 Å². The van der Waals surface area contributed by atoms with Gasteiger partial charge in [-0.05, 0) is 29.5 Å². The Kier molecular flexibility index (Phi) is 7.07. The van der Waals surface area contributed by atoms with Gasteiger partial charge in [-0.1, -0.05) is 66.4 Å². The Morgan fingerprint density at radius 3 is 2.26 bits per heavy atom. The minimum Gasteiger partial charge on any atom is -0.378 e. The Morgan fingerprint density at radius 2 is 1.63 bits per heavy atom. The lowest BCUT2D eigenvalue weighted by Gasteiger charge is -2.30. The van der Waals surface area contributed by atoms with Crippen LogP contribution in [-0.4, -0.2) is 47.5 Å². The predicted molar refractivity (Wildman–Crippen MR) is 110 cm³/mol. The standard InChI is InChI=1S/C22H25NO3S/c1-17(24)27-21(22(25)23-13-15-26-16-14-23)12-9-18-7-10-20(11-8-18)19-5-3-2-4-6-19/h2-8,10-11,21H,9,12-16H2,1H3. The number of thioether (sulfide) groups is 1. The van der Waals surface area contributed by atoms with Gasteiger partial charge in [0.1, 0.15) is 0 Å². The topological polar surface area (TPSA) is 46.6 Å². The number of nitrogens with zero attached hydrogens (tertiary/aromatic N) is 1. The van der Waals surface area contributed by atoms with E-state index in [-0.39, 0.29) is 16.3 Å². The van der Waals surface area contributed by atoms with Crippen LogP contribution in [0.25, 0.3) is 11.1 Å². The van der Waals surface area contributed by atoms with E-state index in [0.29, 0.717) is 32.7 Å². The third kappa shape index (κ3) is 5.68. The second kappa shape index (κ2) is 9.72. The molecule has 142 valence electrons. The van der Waals surface area contributed by atoms with Crippen molar-refractivity contribution in [2.24, 2.45) is 0 Å². The molecule has 1 aliphatic heterocycles. The van der Waals surface area contributed by atoms with E-state index >= 15 is 0 Å². The van der Waals surface area contributed by atoms with Crippen molar-refractivity contribution in [2.75, 3.05) is 26.3 Å². The molecule has 1 saturated heterocycles. The van der Waals surface area contributed by atoms with Crippen LogP contribution in [0.4, 0.5) is 0 Å². The average molecular weight is 384 g/mol. The van der Waals surface area contributed by atoms with Gasteiger partial charge in [0.05, 0.1) is 18.5 Å². The average Bonchev–Trinajstić information content (AvgIpc) is 2.72. The molecule has 1 atom stereocenters. The fourth-order valence-corrected chi connectivity index (χ4v) is 4.10. The normalized spacial score (nSPS) is 15.4. The summed E-state index contributed by atoms with van der Waals surface area (Å²) in [7, 11) is 0. The summed E-state index contributed by atoms with van der Waals surface area (Å²) in [6, 6.07) is 18.7. The molecule has 2 aromatic rings. The maximum atomic E-state index is 12.8.